The smallest absolute Gasteiger partial charge is 0.0965 e. The topological polar surface area (TPSA) is 24.9 Å². The van der Waals surface area contributed by atoms with Gasteiger partial charge in [-0.25, -0.2) is 4.98 Å². The number of hydrogen-bond acceptors (Lipinski definition) is 3. The molecule has 106 valence electrons. The molecular weight excluding hydrogens is 252 g/mol. The Morgan fingerprint density at radius 2 is 2.26 bits per heavy atom. The standard InChI is InChI=1S/C16H26N2S/c1-11(14-17-7-8-19-14)10-18-13-9-12-5-6-16(13,4)15(12,2)3/h7-8,11-13,18H,5-6,9-10H2,1-4H3. The van der Waals surface area contributed by atoms with Crippen LogP contribution in [0.2, 0.25) is 0 Å². The first-order valence-corrected chi connectivity index (χ1v) is 8.46. The van der Waals surface area contributed by atoms with Crippen molar-refractivity contribution in [3.63, 3.8) is 0 Å². The highest BCUT2D eigenvalue weighted by Crippen LogP contribution is 2.65. The molecule has 2 nitrogen and oxygen atoms in total. The van der Waals surface area contributed by atoms with Crippen molar-refractivity contribution in [2.24, 2.45) is 16.7 Å². The summed E-state index contributed by atoms with van der Waals surface area (Å²) in [6.45, 7) is 10.8. The van der Waals surface area contributed by atoms with Crippen LogP contribution in [0.4, 0.5) is 0 Å². The van der Waals surface area contributed by atoms with E-state index in [4.69, 9.17) is 0 Å². The van der Waals surface area contributed by atoms with Gasteiger partial charge in [-0.2, -0.15) is 0 Å². The van der Waals surface area contributed by atoms with E-state index >= 15 is 0 Å². The number of aromatic nitrogens is 1. The fraction of sp³-hybridized carbons (Fsp3) is 0.812. The molecule has 2 fully saturated rings. The van der Waals surface area contributed by atoms with Crippen LogP contribution in [0.3, 0.4) is 0 Å². The van der Waals surface area contributed by atoms with Crippen molar-refractivity contribution >= 4 is 11.3 Å². The van der Waals surface area contributed by atoms with Crippen LogP contribution in [0.1, 0.15) is 57.9 Å². The zero-order chi connectivity index (χ0) is 13.7. The van der Waals surface area contributed by atoms with Crippen LogP contribution in [0.25, 0.3) is 0 Å². The molecule has 0 aliphatic heterocycles. The third-order valence-electron chi connectivity index (χ3n) is 6.34. The molecule has 2 bridgehead atoms. The van der Waals surface area contributed by atoms with Gasteiger partial charge < -0.3 is 5.32 Å². The molecule has 2 aliphatic carbocycles. The second-order valence-corrected chi connectivity index (χ2v) is 8.27. The van der Waals surface area contributed by atoms with Crippen molar-refractivity contribution < 1.29 is 0 Å². The van der Waals surface area contributed by atoms with Crippen LogP contribution < -0.4 is 5.32 Å². The Kier molecular flexibility index (Phi) is 3.25. The molecule has 4 atom stereocenters. The number of fused-ring (bicyclic) bond motifs is 2. The maximum atomic E-state index is 4.43. The molecule has 1 aromatic rings. The summed E-state index contributed by atoms with van der Waals surface area (Å²) in [6, 6.07) is 0.698. The van der Waals surface area contributed by atoms with Crippen molar-refractivity contribution in [1.29, 1.82) is 0 Å². The average molecular weight is 278 g/mol. The maximum absolute atomic E-state index is 4.43. The molecule has 1 heterocycles. The molecular formula is C16H26N2S. The number of hydrogen-bond donors (Lipinski definition) is 1. The van der Waals surface area contributed by atoms with Crippen LogP contribution in [0.5, 0.6) is 0 Å². The van der Waals surface area contributed by atoms with Crippen LogP contribution in [0.15, 0.2) is 11.6 Å². The fourth-order valence-electron chi connectivity index (χ4n) is 4.40. The summed E-state index contributed by atoms with van der Waals surface area (Å²) >= 11 is 1.78. The van der Waals surface area contributed by atoms with Crippen LogP contribution in [0, 0.1) is 16.7 Å². The van der Waals surface area contributed by atoms with Gasteiger partial charge >= 0.3 is 0 Å². The van der Waals surface area contributed by atoms with Crippen molar-refractivity contribution in [2.45, 2.75) is 58.9 Å². The molecule has 1 aromatic heterocycles. The van der Waals surface area contributed by atoms with Gasteiger partial charge in [0.15, 0.2) is 0 Å². The van der Waals surface area contributed by atoms with Crippen molar-refractivity contribution in [3.05, 3.63) is 16.6 Å². The Labute approximate surface area is 121 Å². The van der Waals surface area contributed by atoms with Gasteiger partial charge in [0.2, 0.25) is 0 Å². The van der Waals surface area contributed by atoms with Crippen LogP contribution in [-0.4, -0.2) is 17.6 Å². The predicted octanol–water partition coefficient (Wildman–Crippen LogP) is 4.05. The van der Waals surface area contributed by atoms with E-state index < -0.39 is 0 Å². The summed E-state index contributed by atoms with van der Waals surface area (Å²) in [5.41, 5.74) is 0.995. The monoisotopic (exact) mass is 278 g/mol. The molecule has 0 spiro atoms. The second kappa shape index (κ2) is 4.56. The highest BCUT2D eigenvalue weighted by atomic mass is 32.1. The highest BCUT2D eigenvalue weighted by Gasteiger charge is 2.60. The van der Waals surface area contributed by atoms with E-state index in [1.165, 1.54) is 24.3 Å². The van der Waals surface area contributed by atoms with Crippen LogP contribution in [-0.2, 0) is 0 Å². The molecule has 3 rings (SSSR count). The zero-order valence-electron chi connectivity index (χ0n) is 12.6. The number of nitrogens with zero attached hydrogens (tertiary/aromatic N) is 1. The third kappa shape index (κ3) is 1.97. The predicted molar refractivity (Wildman–Crippen MR) is 81.5 cm³/mol. The Bertz CT molecular complexity index is 440. The van der Waals surface area contributed by atoms with Crippen molar-refractivity contribution in [1.82, 2.24) is 10.3 Å². The van der Waals surface area contributed by atoms with E-state index in [1.54, 1.807) is 11.3 Å². The van der Waals surface area contributed by atoms with E-state index in [9.17, 15) is 0 Å². The summed E-state index contributed by atoms with van der Waals surface area (Å²) in [7, 11) is 0. The van der Waals surface area contributed by atoms with Gasteiger partial charge in [-0.15, -0.1) is 11.3 Å². The Hall–Kier alpha value is -0.410. The van der Waals surface area contributed by atoms with E-state index in [0.717, 1.165) is 12.5 Å². The first-order chi connectivity index (χ1) is 8.95. The average Bonchev–Trinajstić information content (AvgIpc) is 3.01. The Morgan fingerprint density at radius 1 is 1.47 bits per heavy atom. The van der Waals surface area contributed by atoms with Crippen molar-refractivity contribution in [2.75, 3.05) is 6.54 Å². The summed E-state index contributed by atoms with van der Waals surface area (Å²) in [5, 5.41) is 7.20. The Balaban J connectivity index is 1.63. The zero-order valence-corrected chi connectivity index (χ0v) is 13.4. The van der Waals surface area contributed by atoms with Gasteiger partial charge in [-0.3, -0.25) is 0 Å². The molecule has 4 unspecified atom stereocenters. The van der Waals surface area contributed by atoms with E-state index in [1.807, 2.05) is 6.20 Å². The molecule has 0 radical (unpaired) electrons. The minimum Gasteiger partial charge on any atom is -0.313 e. The molecule has 2 saturated carbocycles. The van der Waals surface area contributed by atoms with Gasteiger partial charge in [-0.1, -0.05) is 27.7 Å². The SMILES string of the molecule is CC(CNC1CC2CCC1(C)C2(C)C)c1nccs1. The van der Waals surface area contributed by atoms with Gasteiger partial charge in [0.25, 0.3) is 0 Å². The molecule has 0 saturated heterocycles. The maximum Gasteiger partial charge on any atom is 0.0965 e. The lowest BCUT2D eigenvalue weighted by molar-refractivity contribution is 0.120. The van der Waals surface area contributed by atoms with Gasteiger partial charge in [-0.05, 0) is 36.0 Å². The normalized spacial score (nSPS) is 37.7. The molecule has 1 N–H and O–H groups in total. The molecule has 2 aliphatic rings. The van der Waals surface area contributed by atoms with Gasteiger partial charge in [0, 0.05) is 30.1 Å². The lowest BCUT2D eigenvalue weighted by atomic mass is 9.69. The largest absolute Gasteiger partial charge is 0.313 e. The molecule has 0 aromatic carbocycles. The second-order valence-electron chi connectivity index (χ2n) is 7.34. The third-order valence-corrected chi connectivity index (χ3v) is 7.34. The van der Waals surface area contributed by atoms with Gasteiger partial charge in [0.05, 0.1) is 5.01 Å². The first-order valence-electron chi connectivity index (χ1n) is 7.58. The number of rotatable bonds is 4. The minimum atomic E-state index is 0.486. The van der Waals surface area contributed by atoms with E-state index in [2.05, 4.69) is 43.4 Å². The lowest BCUT2D eigenvalue weighted by Gasteiger charge is -2.40. The van der Waals surface area contributed by atoms with E-state index in [-0.39, 0.29) is 0 Å². The number of nitrogens with one attached hydrogen (secondary N) is 1. The van der Waals surface area contributed by atoms with Crippen LogP contribution >= 0.6 is 11.3 Å². The van der Waals surface area contributed by atoms with Gasteiger partial charge in [0.1, 0.15) is 0 Å². The highest BCUT2D eigenvalue weighted by molar-refractivity contribution is 7.09. The molecule has 3 heteroatoms. The minimum absolute atomic E-state index is 0.486. The fourth-order valence-corrected chi connectivity index (χ4v) is 5.10. The van der Waals surface area contributed by atoms with E-state index in [0.29, 0.717) is 22.8 Å². The first kappa shape index (κ1) is 13.6. The summed E-state index contributed by atoms with van der Waals surface area (Å²) in [6.07, 6.45) is 6.12. The molecule has 0 amide bonds. The quantitative estimate of drug-likeness (QED) is 0.898. The summed E-state index contributed by atoms with van der Waals surface area (Å²) in [5.74, 6) is 1.45. The Morgan fingerprint density at radius 3 is 2.79 bits per heavy atom. The van der Waals surface area contributed by atoms with Crippen molar-refractivity contribution in [3.8, 4) is 0 Å². The molecule has 19 heavy (non-hydrogen) atoms. The number of thiazole rings is 1. The summed E-state index contributed by atoms with van der Waals surface area (Å²) < 4.78 is 0. The lowest BCUT2D eigenvalue weighted by Crippen LogP contribution is -2.45. The summed E-state index contributed by atoms with van der Waals surface area (Å²) in [4.78, 5) is 4.43.